The molecule has 1 amide bonds. The summed E-state index contributed by atoms with van der Waals surface area (Å²) in [6.45, 7) is 5.66. The number of anilines is 1. The van der Waals surface area contributed by atoms with E-state index in [2.05, 4.69) is 14.8 Å². The Hall–Kier alpha value is -1.78. The highest BCUT2D eigenvalue weighted by atomic mass is 32.2. The topological polar surface area (TPSA) is 105 Å². The summed E-state index contributed by atoms with van der Waals surface area (Å²) in [7, 11) is -3.65. The van der Waals surface area contributed by atoms with E-state index >= 15 is 0 Å². The van der Waals surface area contributed by atoms with Crippen molar-refractivity contribution in [3.63, 3.8) is 0 Å². The Morgan fingerprint density at radius 3 is 2.52 bits per heavy atom. The molecule has 0 aliphatic carbocycles. The van der Waals surface area contributed by atoms with Gasteiger partial charge in [-0.15, -0.1) is 0 Å². The minimum atomic E-state index is -3.65. The summed E-state index contributed by atoms with van der Waals surface area (Å²) in [5.74, 6) is -0.00510. The molecular formula is C15H20N4O4S2. The molecular weight excluding hydrogens is 364 g/mol. The molecule has 0 atom stereocenters. The Balaban J connectivity index is 1.64. The van der Waals surface area contributed by atoms with Gasteiger partial charge < -0.3 is 9.84 Å². The van der Waals surface area contributed by atoms with Crippen LogP contribution in [0, 0.1) is 26.7 Å². The molecule has 10 heteroatoms. The van der Waals surface area contributed by atoms with Crippen molar-refractivity contribution in [3.05, 3.63) is 23.2 Å². The van der Waals surface area contributed by atoms with E-state index in [0.29, 0.717) is 36.6 Å². The highest BCUT2D eigenvalue weighted by Gasteiger charge is 2.35. The lowest BCUT2D eigenvalue weighted by Gasteiger charge is -2.30. The number of aryl methyl sites for hydroxylation is 3. The SMILES string of the molecule is Cc1cc(NC(=O)C2CCN(S(=O)(=O)c3c(C)noc3C)CC2)sn1. The maximum Gasteiger partial charge on any atom is 0.248 e. The maximum atomic E-state index is 12.8. The molecule has 0 bridgehead atoms. The van der Waals surface area contributed by atoms with Crippen LogP contribution in [-0.2, 0) is 14.8 Å². The number of rotatable bonds is 4. The number of hydrogen-bond acceptors (Lipinski definition) is 7. The summed E-state index contributed by atoms with van der Waals surface area (Å²) in [4.78, 5) is 12.5. The zero-order chi connectivity index (χ0) is 18.2. The van der Waals surface area contributed by atoms with E-state index in [1.807, 2.05) is 13.0 Å². The Morgan fingerprint density at radius 2 is 2.00 bits per heavy atom. The number of carbonyl (C=O) groups excluding carboxylic acids is 1. The van der Waals surface area contributed by atoms with Gasteiger partial charge in [-0.2, -0.15) is 8.68 Å². The number of carbonyl (C=O) groups is 1. The van der Waals surface area contributed by atoms with Gasteiger partial charge in [-0.05, 0) is 51.2 Å². The number of amides is 1. The number of sulfonamides is 1. The molecule has 1 saturated heterocycles. The van der Waals surface area contributed by atoms with Crippen molar-refractivity contribution in [1.82, 2.24) is 13.8 Å². The lowest BCUT2D eigenvalue weighted by atomic mass is 9.97. The lowest BCUT2D eigenvalue weighted by Crippen LogP contribution is -2.41. The van der Waals surface area contributed by atoms with Crippen LogP contribution >= 0.6 is 11.5 Å². The van der Waals surface area contributed by atoms with E-state index in [0.717, 1.165) is 5.69 Å². The molecule has 8 nitrogen and oxygen atoms in total. The first kappa shape index (κ1) is 18.0. The van der Waals surface area contributed by atoms with Crippen molar-refractivity contribution in [2.24, 2.45) is 5.92 Å². The molecule has 1 N–H and O–H groups in total. The first-order valence-electron chi connectivity index (χ1n) is 7.96. The lowest BCUT2D eigenvalue weighted by molar-refractivity contribution is -0.120. The molecule has 1 aliphatic heterocycles. The number of piperidine rings is 1. The molecule has 2 aromatic heterocycles. The van der Waals surface area contributed by atoms with E-state index in [1.54, 1.807) is 13.8 Å². The first-order chi connectivity index (χ1) is 11.8. The predicted octanol–water partition coefficient (Wildman–Crippen LogP) is 2.10. The zero-order valence-corrected chi connectivity index (χ0v) is 15.9. The normalized spacial score (nSPS) is 16.9. The number of nitrogens with one attached hydrogen (secondary N) is 1. The van der Waals surface area contributed by atoms with Gasteiger partial charge in [0.1, 0.15) is 15.6 Å². The Bertz CT molecular complexity index is 860. The fourth-order valence-electron chi connectivity index (χ4n) is 2.98. The van der Waals surface area contributed by atoms with Crippen LogP contribution in [0.25, 0.3) is 0 Å². The fraction of sp³-hybridized carbons (Fsp3) is 0.533. The van der Waals surface area contributed by atoms with E-state index in [1.165, 1.54) is 15.8 Å². The van der Waals surface area contributed by atoms with Gasteiger partial charge >= 0.3 is 0 Å². The average molecular weight is 384 g/mol. The second kappa shape index (κ2) is 6.85. The molecule has 1 aliphatic rings. The van der Waals surface area contributed by atoms with Crippen LogP contribution in [0.4, 0.5) is 5.00 Å². The molecule has 0 saturated carbocycles. The molecule has 2 aromatic rings. The molecule has 0 spiro atoms. The maximum absolute atomic E-state index is 12.8. The third kappa shape index (κ3) is 3.60. The summed E-state index contributed by atoms with van der Waals surface area (Å²) >= 11 is 1.24. The van der Waals surface area contributed by atoms with Crippen molar-refractivity contribution in [2.75, 3.05) is 18.4 Å². The molecule has 3 rings (SSSR count). The van der Waals surface area contributed by atoms with Crippen LogP contribution in [0.5, 0.6) is 0 Å². The van der Waals surface area contributed by atoms with Crippen LogP contribution in [0.15, 0.2) is 15.5 Å². The van der Waals surface area contributed by atoms with Gasteiger partial charge in [-0.25, -0.2) is 8.42 Å². The van der Waals surface area contributed by atoms with Gasteiger partial charge in [0.05, 0.1) is 5.69 Å². The number of aromatic nitrogens is 2. The molecule has 3 heterocycles. The predicted molar refractivity (Wildman–Crippen MR) is 92.9 cm³/mol. The summed E-state index contributed by atoms with van der Waals surface area (Å²) < 4.78 is 36.1. The molecule has 1 fully saturated rings. The summed E-state index contributed by atoms with van der Waals surface area (Å²) in [5, 5.41) is 7.29. The van der Waals surface area contributed by atoms with Crippen LogP contribution in [0.3, 0.4) is 0 Å². The van der Waals surface area contributed by atoms with Crippen LogP contribution in [0.2, 0.25) is 0 Å². The van der Waals surface area contributed by atoms with E-state index in [-0.39, 0.29) is 22.5 Å². The monoisotopic (exact) mass is 384 g/mol. The average Bonchev–Trinajstić information content (AvgIpc) is 3.13. The smallest absolute Gasteiger partial charge is 0.248 e. The quantitative estimate of drug-likeness (QED) is 0.865. The largest absolute Gasteiger partial charge is 0.360 e. The minimum Gasteiger partial charge on any atom is -0.360 e. The third-order valence-corrected chi connectivity index (χ3v) is 7.20. The van der Waals surface area contributed by atoms with Gasteiger partial charge in [0.2, 0.25) is 15.9 Å². The highest BCUT2D eigenvalue weighted by Crippen LogP contribution is 2.28. The van der Waals surface area contributed by atoms with Crippen LogP contribution in [-0.4, -0.2) is 41.2 Å². The van der Waals surface area contributed by atoms with Crippen molar-refractivity contribution in [3.8, 4) is 0 Å². The van der Waals surface area contributed by atoms with Crippen molar-refractivity contribution in [2.45, 2.75) is 38.5 Å². The van der Waals surface area contributed by atoms with Crippen LogP contribution < -0.4 is 5.32 Å². The van der Waals surface area contributed by atoms with Gasteiger partial charge in [-0.3, -0.25) is 4.79 Å². The number of hydrogen-bond donors (Lipinski definition) is 1. The molecule has 0 aromatic carbocycles. The molecule has 0 radical (unpaired) electrons. The standard InChI is InChI=1S/C15H20N4O4S2/c1-9-8-13(24-18-9)16-15(20)12-4-6-19(7-5-12)25(21,22)14-10(2)17-23-11(14)3/h8,12H,4-7H2,1-3H3,(H,16,20). The van der Waals surface area contributed by atoms with Gasteiger partial charge in [0.15, 0.2) is 5.76 Å². The first-order valence-corrected chi connectivity index (χ1v) is 10.2. The van der Waals surface area contributed by atoms with E-state index in [9.17, 15) is 13.2 Å². The second-order valence-corrected chi connectivity index (χ2v) is 8.83. The second-order valence-electron chi connectivity index (χ2n) is 6.15. The van der Waals surface area contributed by atoms with Gasteiger partial charge in [0, 0.05) is 19.0 Å². The Kier molecular flexibility index (Phi) is 4.94. The molecule has 136 valence electrons. The zero-order valence-electron chi connectivity index (χ0n) is 14.3. The highest BCUT2D eigenvalue weighted by molar-refractivity contribution is 7.89. The fourth-order valence-corrected chi connectivity index (χ4v) is 5.40. The summed E-state index contributed by atoms with van der Waals surface area (Å²) in [6, 6.07) is 1.82. The summed E-state index contributed by atoms with van der Waals surface area (Å²) in [5.41, 5.74) is 1.22. The van der Waals surface area contributed by atoms with Gasteiger partial charge in [-0.1, -0.05) is 5.16 Å². The molecule has 0 unspecified atom stereocenters. The summed E-state index contributed by atoms with van der Waals surface area (Å²) in [6.07, 6.45) is 0.957. The Morgan fingerprint density at radius 1 is 1.32 bits per heavy atom. The van der Waals surface area contributed by atoms with Crippen LogP contribution in [0.1, 0.15) is 30.0 Å². The molecule has 25 heavy (non-hydrogen) atoms. The van der Waals surface area contributed by atoms with E-state index in [4.69, 9.17) is 4.52 Å². The third-order valence-electron chi connectivity index (χ3n) is 4.26. The minimum absolute atomic E-state index is 0.0852. The Labute approximate surface area is 150 Å². The van der Waals surface area contributed by atoms with Crippen molar-refractivity contribution in [1.29, 1.82) is 0 Å². The van der Waals surface area contributed by atoms with Gasteiger partial charge in [0.25, 0.3) is 0 Å². The van der Waals surface area contributed by atoms with Crippen molar-refractivity contribution >= 4 is 32.5 Å². The van der Waals surface area contributed by atoms with Crippen molar-refractivity contribution < 1.29 is 17.7 Å². The number of nitrogens with zero attached hydrogens (tertiary/aromatic N) is 3. The van der Waals surface area contributed by atoms with E-state index < -0.39 is 10.0 Å².